The lowest BCUT2D eigenvalue weighted by Crippen LogP contribution is -2.14. The van der Waals surface area contributed by atoms with E-state index in [1.165, 1.54) is 0 Å². The van der Waals surface area contributed by atoms with E-state index in [0.717, 1.165) is 12.8 Å². The normalized spacial score (nSPS) is 21.8. The molecule has 0 aromatic rings. The molecule has 0 amide bonds. The van der Waals surface area contributed by atoms with Gasteiger partial charge in [0.05, 0.1) is 6.10 Å². The quantitative estimate of drug-likeness (QED) is 0.507. The topological polar surface area (TPSA) is 74.6 Å². The minimum Gasteiger partial charge on any atom is -0.481 e. The molecule has 0 saturated heterocycles. The van der Waals surface area contributed by atoms with Crippen LogP contribution in [0.3, 0.4) is 0 Å². The maximum atomic E-state index is 12.0. The molecule has 142 valence electrons. The molecule has 26 heavy (non-hydrogen) atoms. The summed E-state index contributed by atoms with van der Waals surface area (Å²) in [5, 5.41) is 18.6. The number of aliphatic carboxylic acids is 1. The Morgan fingerprint density at radius 1 is 1.19 bits per heavy atom. The van der Waals surface area contributed by atoms with E-state index in [1.54, 1.807) is 12.2 Å². The van der Waals surface area contributed by atoms with E-state index in [9.17, 15) is 14.7 Å². The van der Waals surface area contributed by atoms with E-state index in [0.29, 0.717) is 19.3 Å². The Labute approximate surface area is 156 Å². The Kier molecular flexibility index (Phi) is 11.0. The van der Waals surface area contributed by atoms with Crippen molar-refractivity contribution in [3.63, 3.8) is 0 Å². The molecule has 4 nitrogen and oxygen atoms in total. The van der Waals surface area contributed by atoms with Gasteiger partial charge in [0.15, 0.2) is 5.78 Å². The van der Waals surface area contributed by atoms with Gasteiger partial charge in [-0.25, -0.2) is 0 Å². The number of carboxylic acids is 1. The van der Waals surface area contributed by atoms with E-state index >= 15 is 0 Å². The molecule has 0 radical (unpaired) electrons. The van der Waals surface area contributed by atoms with Crippen LogP contribution in [0.1, 0.15) is 45.4 Å². The van der Waals surface area contributed by atoms with Crippen LogP contribution >= 0.6 is 0 Å². The fourth-order valence-electron chi connectivity index (χ4n) is 2.70. The van der Waals surface area contributed by atoms with E-state index < -0.39 is 12.1 Å². The van der Waals surface area contributed by atoms with Gasteiger partial charge in [0, 0.05) is 12.3 Å². The van der Waals surface area contributed by atoms with Gasteiger partial charge in [-0.3, -0.25) is 9.59 Å². The van der Waals surface area contributed by atoms with Crippen molar-refractivity contribution in [3.05, 3.63) is 60.8 Å². The number of carboxylic acid groups (broad SMARTS) is 1. The van der Waals surface area contributed by atoms with Gasteiger partial charge in [0.1, 0.15) is 0 Å². The molecule has 0 heterocycles. The fraction of sp³-hybridized carbons (Fsp3) is 0.455. The standard InChI is InChI=1S/C22H30O4/c1-2-3-8-11-18-14-17-21(24)20(18)16-15-19(23)12-9-6-4-5-7-10-13-22(25)26/h3,5-9,14-20,23H,2,4,10-13H2,1H3,(H,25,26)/b7-5-,8-3-,9-6-,16-15+/t18-,19-,20+/m0/s1. The van der Waals surface area contributed by atoms with Crippen LogP contribution in [0.15, 0.2) is 60.8 Å². The predicted octanol–water partition coefficient (Wildman–Crippen LogP) is 4.39. The minimum absolute atomic E-state index is 0.102. The van der Waals surface area contributed by atoms with Gasteiger partial charge in [-0.1, -0.05) is 61.6 Å². The smallest absolute Gasteiger partial charge is 0.303 e. The molecule has 0 aromatic carbocycles. The van der Waals surface area contributed by atoms with Gasteiger partial charge < -0.3 is 10.2 Å². The van der Waals surface area contributed by atoms with Gasteiger partial charge in [0.25, 0.3) is 0 Å². The Morgan fingerprint density at radius 3 is 2.69 bits per heavy atom. The van der Waals surface area contributed by atoms with E-state index in [-0.39, 0.29) is 24.0 Å². The second-order valence-electron chi connectivity index (χ2n) is 6.37. The molecule has 3 atom stereocenters. The summed E-state index contributed by atoms with van der Waals surface area (Å²) >= 11 is 0. The summed E-state index contributed by atoms with van der Waals surface area (Å²) in [4.78, 5) is 22.3. The Hall–Kier alpha value is -2.20. The van der Waals surface area contributed by atoms with E-state index in [2.05, 4.69) is 19.1 Å². The Balaban J connectivity index is 2.33. The number of hydrogen-bond acceptors (Lipinski definition) is 3. The Bertz CT molecular complexity index is 581. The van der Waals surface area contributed by atoms with Gasteiger partial charge in [0.2, 0.25) is 0 Å². The summed E-state index contributed by atoms with van der Waals surface area (Å²) in [7, 11) is 0. The van der Waals surface area contributed by atoms with Crippen LogP contribution in [0.4, 0.5) is 0 Å². The predicted molar refractivity (Wildman–Crippen MR) is 105 cm³/mol. The van der Waals surface area contributed by atoms with Crippen LogP contribution in [0.5, 0.6) is 0 Å². The summed E-state index contributed by atoms with van der Waals surface area (Å²) in [5.74, 6) is -0.683. The molecule has 2 N–H and O–H groups in total. The highest BCUT2D eigenvalue weighted by Crippen LogP contribution is 2.27. The highest BCUT2D eigenvalue weighted by Gasteiger charge is 2.26. The second kappa shape index (κ2) is 13.1. The summed E-state index contributed by atoms with van der Waals surface area (Å²) < 4.78 is 0. The number of carbonyl (C=O) groups is 2. The average Bonchev–Trinajstić information content (AvgIpc) is 2.95. The van der Waals surface area contributed by atoms with Gasteiger partial charge in [-0.2, -0.15) is 0 Å². The van der Waals surface area contributed by atoms with Crippen molar-refractivity contribution >= 4 is 11.8 Å². The molecule has 0 aliphatic heterocycles. The number of hydrogen-bond donors (Lipinski definition) is 2. The van der Waals surface area contributed by atoms with Crippen LogP contribution in [0, 0.1) is 11.8 Å². The van der Waals surface area contributed by atoms with Crippen LogP contribution in [0.25, 0.3) is 0 Å². The van der Waals surface area contributed by atoms with Gasteiger partial charge in [-0.05, 0) is 44.1 Å². The van der Waals surface area contributed by atoms with Gasteiger partial charge >= 0.3 is 5.97 Å². The zero-order valence-corrected chi connectivity index (χ0v) is 15.5. The zero-order valence-electron chi connectivity index (χ0n) is 15.5. The molecule has 0 aromatic heterocycles. The first kappa shape index (κ1) is 21.8. The molecule has 0 spiro atoms. The molecule has 0 saturated carbocycles. The molecule has 1 aliphatic carbocycles. The van der Waals surface area contributed by atoms with Crippen molar-refractivity contribution in [1.29, 1.82) is 0 Å². The fourth-order valence-corrected chi connectivity index (χ4v) is 2.70. The first-order chi connectivity index (χ1) is 12.5. The van der Waals surface area contributed by atoms with Crippen LogP contribution in [-0.4, -0.2) is 28.1 Å². The zero-order chi connectivity index (χ0) is 19.2. The van der Waals surface area contributed by atoms with E-state index in [4.69, 9.17) is 5.11 Å². The third-order valence-corrected chi connectivity index (χ3v) is 4.16. The molecule has 0 bridgehead atoms. The minimum atomic E-state index is -0.792. The van der Waals surface area contributed by atoms with Crippen molar-refractivity contribution < 1.29 is 19.8 Å². The monoisotopic (exact) mass is 358 g/mol. The number of carbonyl (C=O) groups excluding carboxylic acids is 1. The average molecular weight is 358 g/mol. The van der Waals surface area contributed by atoms with Crippen molar-refractivity contribution in [3.8, 4) is 0 Å². The highest BCUT2D eigenvalue weighted by atomic mass is 16.4. The molecule has 4 heteroatoms. The molecular formula is C22H30O4. The molecule has 1 rings (SSSR count). The first-order valence-electron chi connectivity index (χ1n) is 9.29. The lowest BCUT2D eigenvalue weighted by molar-refractivity contribution is -0.136. The summed E-state index contributed by atoms with van der Waals surface area (Å²) in [6.45, 7) is 2.08. The maximum absolute atomic E-state index is 12.0. The molecule has 1 aliphatic rings. The van der Waals surface area contributed by atoms with Crippen molar-refractivity contribution in [2.75, 3.05) is 0 Å². The SMILES string of the molecule is CC/C=C\C[C@H]1C=CC(=O)[C@@H]1/C=C/[C@@H](O)C/C=C\C/C=C\CCC(=O)O. The van der Waals surface area contributed by atoms with Crippen molar-refractivity contribution in [1.82, 2.24) is 0 Å². The van der Waals surface area contributed by atoms with Gasteiger partial charge in [-0.15, -0.1) is 0 Å². The summed E-state index contributed by atoms with van der Waals surface area (Å²) in [6, 6.07) is 0. The molecule has 0 fully saturated rings. The molecule has 0 unspecified atom stereocenters. The highest BCUT2D eigenvalue weighted by molar-refractivity contribution is 5.95. The number of aliphatic hydroxyl groups is 1. The summed E-state index contributed by atoms with van der Waals surface area (Å²) in [6.07, 6.45) is 22.1. The van der Waals surface area contributed by atoms with E-state index in [1.807, 2.05) is 36.5 Å². The molecular weight excluding hydrogens is 328 g/mol. The Morgan fingerprint density at radius 2 is 1.96 bits per heavy atom. The largest absolute Gasteiger partial charge is 0.481 e. The lowest BCUT2D eigenvalue weighted by Gasteiger charge is -2.13. The van der Waals surface area contributed by atoms with Crippen LogP contribution < -0.4 is 0 Å². The lowest BCUT2D eigenvalue weighted by atomic mass is 9.91. The van der Waals surface area contributed by atoms with Crippen LogP contribution in [-0.2, 0) is 9.59 Å². The van der Waals surface area contributed by atoms with Crippen molar-refractivity contribution in [2.45, 2.75) is 51.6 Å². The summed E-state index contributed by atoms with van der Waals surface area (Å²) in [5.41, 5.74) is 0. The first-order valence-corrected chi connectivity index (χ1v) is 9.29. The second-order valence-corrected chi connectivity index (χ2v) is 6.37. The van der Waals surface area contributed by atoms with Crippen molar-refractivity contribution in [2.24, 2.45) is 11.8 Å². The number of allylic oxidation sites excluding steroid dienone is 8. The van der Waals surface area contributed by atoms with Crippen LogP contribution in [0.2, 0.25) is 0 Å². The maximum Gasteiger partial charge on any atom is 0.303 e. The third kappa shape index (κ3) is 9.33. The number of aliphatic hydroxyl groups excluding tert-OH is 1. The number of ketones is 1. The third-order valence-electron chi connectivity index (χ3n) is 4.16. The number of rotatable bonds is 12.